The lowest BCUT2D eigenvalue weighted by molar-refractivity contribution is -0.118. The number of carbonyl (C=O) groups excluding carboxylic acids is 1. The predicted molar refractivity (Wildman–Crippen MR) is 99.4 cm³/mol. The van der Waals surface area contributed by atoms with Gasteiger partial charge in [0, 0.05) is 15.8 Å². The molecule has 0 heterocycles. The Kier molecular flexibility index (Phi) is 7.02. The van der Waals surface area contributed by atoms with Gasteiger partial charge in [-0.15, -0.1) is 11.8 Å². The number of carboxylic acids is 1. The summed E-state index contributed by atoms with van der Waals surface area (Å²) in [7, 11) is 0. The largest absolute Gasteiger partial charge is 0.478 e. The van der Waals surface area contributed by atoms with E-state index in [1.54, 1.807) is 18.2 Å². The van der Waals surface area contributed by atoms with E-state index in [9.17, 15) is 9.59 Å². The summed E-state index contributed by atoms with van der Waals surface area (Å²) in [4.78, 5) is 22.8. The van der Waals surface area contributed by atoms with Crippen molar-refractivity contribution in [2.75, 3.05) is 5.75 Å². The minimum atomic E-state index is -1.03. The fourth-order valence-electron chi connectivity index (χ4n) is 1.88. The first-order valence-electron chi connectivity index (χ1n) is 7.03. The first kappa shape index (κ1) is 18.2. The Balaban J connectivity index is 1.81. The Morgan fingerprint density at radius 3 is 2.62 bits per heavy atom. The number of hydrogen-bond donors (Lipinski definition) is 2. The van der Waals surface area contributed by atoms with Gasteiger partial charge in [0.2, 0.25) is 5.91 Å². The SMILES string of the molecule is O=C(CSCc1ccccc1Br)N/N=C\c1ccccc1C(=O)O. The lowest BCUT2D eigenvalue weighted by Crippen LogP contribution is -2.20. The molecule has 124 valence electrons. The first-order valence-corrected chi connectivity index (χ1v) is 8.98. The molecule has 0 aliphatic rings. The number of thioether (sulfide) groups is 1. The van der Waals surface area contributed by atoms with E-state index >= 15 is 0 Å². The third kappa shape index (κ3) is 5.50. The van der Waals surface area contributed by atoms with Crippen LogP contribution in [-0.4, -0.2) is 29.0 Å². The minimum absolute atomic E-state index is 0.138. The summed E-state index contributed by atoms with van der Waals surface area (Å²) in [6, 6.07) is 14.3. The third-order valence-corrected chi connectivity index (χ3v) is 4.79. The molecule has 0 atom stereocenters. The van der Waals surface area contributed by atoms with E-state index in [1.165, 1.54) is 24.0 Å². The second kappa shape index (κ2) is 9.24. The van der Waals surface area contributed by atoms with E-state index in [1.807, 2.05) is 24.3 Å². The number of benzene rings is 2. The molecule has 0 aliphatic carbocycles. The van der Waals surface area contributed by atoms with Gasteiger partial charge in [-0.25, -0.2) is 10.2 Å². The van der Waals surface area contributed by atoms with Crippen molar-refractivity contribution in [3.8, 4) is 0 Å². The Hall–Kier alpha value is -2.12. The van der Waals surface area contributed by atoms with Crippen molar-refractivity contribution in [3.63, 3.8) is 0 Å². The van der Waals surface area contributed by atoms with Crippen molar-refractivity contribution in [1.82, 2.24) is 5.43 Å². The van der Waals surface area contributed by atoms with Crippen LogP contribution >= 0.6 is 27.7 Å². The normalized spacial score (nSPS) is 10.7. The zero-order chi connectivity index (χ0) is 17.4. The highest BCUT2D eigenvalue weighted by atomic mass is 79.9. The molecule has 2 rings (SSSR count). The maximum Gasteiger partial charge on any atom is 0.336 e. The van der Waals surface area contributed by atoms with Gasteiger partial charge >= 0.3 is 5.97 Å². The van der Waals surface area contributed by atoms with E-state index in [0.29, 0.717) is 11.3 Å². The standard InChI is InChI=1S/C17H15BrN2O3S/c18-15-8-4-2-6-13(15)10-24-11-16(21)20-19-9-12-5-1-3-7-14(12)17(22)23/h1-9H,10-11H2,(H,20,21)(H,22,23)/b19-9-. The number of nitrogens with zero attached hydrogens (tertiary/aromatic N) is 1. The number of carbonyl (C=O) groups is 2. The Bertz CT molecular complexity index is 765. The van der Waals surface area contributed by atoms with Crippen LogP contribution in [0.3, 0.4) is 0 Å². The maximum absolute atomic E-state index is 11.8. The van der Waals surface area contributed by atoms with Crippen LogP contribution in [0.15, 0.2) is 58.1 Å². The second-order valence-electron chi connectivity index (χ2n) is 4.77. The van der Waals surface area contributed by atoms with Crippen molar-refractivity contribution in [1.29, 1.82) is 0 Å². The molecule has 0 aromatic heterocycles. The molecule has 0 radical (unpaired) electrons. The summed E-state index contributed by atoms with van der Waals surface area (Å²) in [6.07, 6.45) is 1.33. The number of carboxylic acid groups (broad SMARTS) is 1. The minimum Gasteiger partial charge on any atom is -0.478 e. The highest BCUT2D eigenvalue weighted by Crippen LogP contribution is 2.21. The molecule has 0 bridgehead atoms. The third-order valence-electron chi connectivity index (χ3n) is 3.03. The fraction of sp³-hybridized carbons (Fsp3) is 0.118. The Labute approximate surface area is 152 Å². The molecule has 0 fully saturated rings. The highest BCUT2D eigenvalue weighted by Gasteiger charge is 2.07. The first-order chi connectivity index (χ1) is 11.6. The van der Waals surface area contributed by atoms with Crippen molar-refractivity contribution in [2.24, 2.45) is 5.10 Å². The smallest absolute Gasteiger partial charge is 0.336 e. The summed E-state index contributed by atoms with van der Waals surface area (Å²) >= 11 is 4.94. The van der Waals surface area contributed by atoms with Crippen LogP contribution in [0.25, 0.3) is 0 Å². The molecule has 2 N–H and O–H groups in total. The molecule has 5 nitrogen and oxygen atoms in total. The topological polar surface area (TPSA) is 78.8 Å². The molecule has 7 heteroatoms. The lowest BCUT2D eigenvalue weighted by Gasteiger charge is -2.04. The average Bonchev–Trinajstić information content (AvgIpc) is 2.57. The van der Waals surface area contributed by atoms with E-state index in [4.69, 9.17) is 5.11 Å². The molecular weight excluding hydrogens is 392 g/mol. The van der Waals surface area contributed by atoms with Crippen LogP contribution in [0.4, 0.5) is 0 Å². The second-order valence-corrected chi connectivity index (χ2v) is 6.61. The molecule has 0 spiro atoms. The van der Waals surface area contributed by atoms with Gasteiger partial charge in [0.25, 0.3) is 0 Å². The van der Waals surface area contributed by atoms with Crippen LogP contribution < -0.4 is 5.43 Å². The van der Waals surface area contributed by atoms with E-state index in [2.05, 4.69) is 26.5 Å². The van der Waals surface area contributed by atoms with Gasteiger partial charge in [-0.05, 0) is 17.7 Å². The number of hydrogen-bond acceptors (Lipinski definition) is 4. The van der Waals surface area contributed by atoms with Crippen LogP contribution in [-0.2, 0) is 10.5 Å². The lowest BCUT2D eigenvalue weighted by atomic mass is 10.1. The van der Waals surface area contributed by atoms with Gasteiger partial charge in [0.15, 0.2) is 0 Å². The fourth-order valence-corrected chi connectivity index (χ4v) is 3.31. The Morgan fingerprint density at radius 1 is 1.17 bits per heavy atom. The quantitative estimate of drug-likeness (QED) is 0.544. The van der Waals surface area contributed by atoms with Gasteiger partial charge in [0.1, 0.15) is 0 Å². The van der Waals surface area contributed by atoms with Gasteiger partial charge in [0.05, 0.1) is 17.5 Å². The van der Waals surface area contributed by atoms with Crippen molar-refractivity contribution in [2.45, 2.75) is 5.75 Å². The monoisotopic (exact) mass is 406 g/mol. The molecule has 2 aromatic rings. The highest BCUT2D eigenvalue weighted by molar-refractivity contribution is 9.10. The predicted octanol–water partition coefficient (Wildman–Crippen LogP) is 3.53. The van der Waals surface area contributed by atoms with E-state index in [0.717, 1.165) is 10.0 Å². The van der Waals surface area contributed by atoms with Gasteiger partial charge in [-0.3, -0.25) is 4.79 Å². The van der Waals surface area contributed by atoms with Crippen LogP contribution in [0.5, 0.6) is 0 Å². The molecule has 1 amide bonds. The molecule has 2 aromatic carbocycles. The molecular formula is C17H15BrN2O3S. The van der Waals surface area contributed by atoms with Crippen molar-refractivity contribution >= 4 is 45.8 Å². The number of halogens is 1. The number of rotatable bonds is 7. The van der Waals surface area contributed by atoms with Gasteiger partial charge in [-0.1, -0.05) is 52.3 Å². The number of amides is 1. The molecule has 0 saturated heterocycles. The van der Waals surface area contributed by atoms with Gasteiger partial charge in [-0.2, -0.15) is 5.10 Å². The average molecular weight is 407 g/mol. The summed E-state index contributed by atoms with van der Waals surface area (Å²) in [6.45, 7) is 0. The number of nitrogens with one attached hydrogen (secondary N) is 1. The summed E-state index contributed by atoms with van der Waals surface area (Å²) in [5, 5.41) is 12.9. The number of hydrazone groups is 1. The molecule has 0 unspecified atom stereocenters. The molecule has 0 saturated carbocycles. The van der Waals surface area contributed by atoms with Crippen molar-refractivity contribution < 1.29 is 14.7 Å². The zero-order valence-corrected chi connectivity index (χ0v) is 15.0. The number of aromatic carboxylic acids is 1. The Morgan fingerprint density at radius 2 is 1.88 bits per heavy atom. The van der Waals surface area contributed by atoms with Crippen LogP contribution in [0, 0.1) is 0 Å². The van der Waals surface area contributed by atoms with Crippen LogP contribution in [0.1, 0.15) is 21.5 Å². The molecule has 0 aliphatic heterocycles. The van der Waals surface area contributed by atoms with Crippen LogP contribution in [0.2, 0.25) is 0 Å². The van der Waals surface area contributed by atoms with E-state index < -0.39 is 5.97 Å². The molecule has 24 heavy (non-hydrogen) atoms. The zero-order valence-electron chi connectivity index (χ0n) is 12.6. The van der Waals surface area contributed by atoms with Gasteiger partial charge < -0.3 is 5.11 Å². The summed E-state index contributed by atoms with van der Waals surface area (Å²) < 4.78 is 1.02. The summed E-state index contributed by atoms with van der Waals surface area (Å²) in [5.74, 6) is -0.303. The van der Waals surface area contributed by atoms with Crippen molar-refractivity contribution in [3.05, 3.63) is 69.7 Å². The summed E-state index contributed by atoms with van der Waals surface area (Å²) in [5.41, 5.74) is 4.10. The maximum atomic E-state index is 11.8. The van der Waals surface area contributed by atoms with E-state index in [-0.39, 0.29) is 17.2 Å².